The number of rotatable bonds is 7. The quantitative estimate of drug-likeness (QED) is 0.397. The molecule has 5 heteroatoms. The molecular weight excluding hydrogens is 378 g/mol. The molecule has 1 fully saturated rings. The number of likely N-dealkylation sites (tertiary alicyclic amines) is 1. The lowest BCUT2D eigenvalue weighted by molar-refractivity contribution is -0.139. The molecule has 1 aliphatic rings. The van der Waals surface area contributed by atoms with E-state index in [1.54, 1.807) is 36.3 Å². The second-order valence-corrected chi connectivity index (χ2v) is 7.90. The van der Waals surface area contributed by atoms with Gasteiger partial charge in [-0.05, 0) is 47.7 Å². The number of hydrogen-bond acceptors (Lipinski definition) is 4. The Hall–Kier alpha value is -3.08. The Balaban J connectivity index is 2.11. The largest absolute Gasteiger partial charge is 0.507 e. The van der Waals surface area contributed by atoms with Crippen molar-refractivity contribution in [1.82, 2.24) is 4.90 Å². The molecule has 0 aromatic heterocycles. The van der Waals surface area contributed by atoms with Crippen LogP contribution >= 0.6 is 0 Å². The molecule has 2 aromatic rings. The third-order valence-corrected chi connectivity index (χ3v) is 5.57. The summed E-state index contributed by atoms with van der Waals surface area (Å²) < 4.78 is 5.17. The Kier molecular flexibility index (Phi) is 6.60. The molecule has 2 aromatic carbocycles. The van der Waals surface area contributed by atoms with Crippen molar-refractivity contribution in [3.8, 4) is 5.75 Å². The molecular formula is C25H29NO4. The average molecular weight is 408 g/mol. The monoisotopic (exact) mass is 407 g/mol. The average Bonchev–Trinajstić information content (AvgIpc) is 3.02. The summed E-state index contributed by atoms with van der Waals surface area (Å²) >= 11 is 0. The number of unbranched alkanes of at least 4 members (excludes halogenated alkanes) is 1. The van der Waals surface area contributed by atoms with Crippen molar-refractivity contribution in [2.45, 2.75) is 45.6 Å². The molecule has 1 unspecified atom stereocenters. The molecule has 0 aliphatic carbocycles. The lowest BCUT2D eigenvalue weighted by atomic mass is 9.93. The highest BCUT2D eigenvalue weighted by atomic mass is 16.5. The number of aliphatic hydroxyl groups excluding tert-OH is 1. The summed E-state index contributed by atoms with van der Waals surface area (Å²) in [4.78, 5) is 27.4. The molecule has 30 heavy (non-hydrogen) atoms. The van der Waals surface area contributed by atoms with Crippen LogP contribution in [0.15, 0.2) is 54.1 Å². The number of ether oxygens (including phenoxy) is 1. The van der Waals surface area contributed by atoms with E-state index < -0.39 is 17.7 Å². The van der Waals surface area contributed by atoms with Crippen LogP contribution in [0.3, 0.4) is 0 Å². The number of hydrogen-bond donors (Lipinski definition) is 1. The van der Waals surface area contributed by atoms with Gasteiger partial charge >= 0.3 is 0 Å². The van der Waals surface area contributed by atoms with Gasteiger partial charge in [0.25, 0.3) is 11.7 Å². The van der Waals surface area contributed by atoms with Crippen molar-refractivity contribution in [2.24, 2.45) is 0 Å². The van der Waals surface area contributed by atoms with Gasteiger partial charge in [-0.3, -0.25) is 9.59 Å². The maximum absolute atomic E-state index is 12.9. The summed E-state index contributed by atoms with van der Waals surface area (Å²) in [6.45, 7) is 6.75. The zero-order chi connectivity index (χ0) is 21.8. The zero-order valence-electron chi connectivity index (χ0n) is 18.0. The Morgan fingerprint density at radius 1 is 1.07 bits per heavy atom. The molecule has 158 valence electrons. The summed E-state index contributed by atoms with van der Waals surface area (Å²) in [6.07, 6.45) is 1.69. The minimum Gasteiger partial charge on any atom is -0.507 e. The molecule has 3 rings (SSSR count). The van der Waals surface area contributed by atoms with E-state index in [2.05, 4.69) is 13.8 Å². The van der Waals surface area contributed by atoms with Gasteiger partial charge in [-0.1, -0.05) is 51.5 Å². The third kappa shape index (κ3) is 4.11. The van der Waals surface area contributed by atoms with Gasteiger partial charge in [-0.2, -0.15) is 0 Å². The van der Waals surface area contributed by atoms with Crippen molar-refractivity contribution in [1.29, 1.82) is 0 Å². The number of amides is 1. The fourth-order valence-electron chi connectivity index (χ4n) is 3.75. The molecule has 1 atom stereocenters. The maximum Gasteiger partial charge on any atom is 0.295 e. The van der Waals surface area contributed by atoms with Crippen LogP contribution in [-0.4, -0.2) is 35.4 Å². The second kappa shape index (κ2) is 9.16. The van der Waals surface area contributed by atoms with E-state index in [9.17, 15) is 14.7 Å². The topological polar surface area (TPSA) is 66.8 Å². The first-order valence-corrected chi connectivity index (χ1v) is 10.4. The van der Waals surface area contributed by atoms with Crippen LogP contribution in [0.5, 0.6) is 5.75 Å². The van der Waals surface area contributed by atoms with Crippen molar-refractivity contribution in [3.05, 3.63) is 70.8 Å². The third-order valence-electron chi connectivity index (χ3n) is 5.57. The standard InChI is InChI=1S/C25H29NO4/c1-5-6-15-26-22(18-9-7-17(8-10-18)16(2)3)21(24(28)25(26)29)23(27)19-11-13-20(30-4)14-12-19/h7-14,16,22,27H,5-6,15H2,1-4H3/b23-21-. The van der Waals surface area contributed by atoms with Gasteiger partial charge in [-0.15, -0.1) is 0 Å². The van der Waals surface area contributed by atoms with Crippen LogP contribution in [0.4, 0.5) is 0 Å². The molecule has 1 amide bonds. The SMILES string of the molecule is CCCCN1C(=O)C(=O)/C(=C(\O)c2ccc(OC)cc2)C1c1ccc(C(C)C)cc1. The first-order chi connectivity index (χ1) is 14.4. The molecule has 0 bridgehead atoms. The summed E-state index contributed by atoms with van der Waals surface area (Å²) in [5, 5.41) is 11.0. The minimum absolute atomic E-state index is 0.138. The smallest absolute Gasteiger partial charge is 0.295 e. The second-order valence-electron chi connectivity index (χ2n) is 7.90. The fourth-order valence-corrected chi connectivity index (χ4v) is 3.75. The Labute approximate surface area is 178 Å². The normalized spacial score (nSPS) is 18.3. The van der Waals surface area contributed by atoms with Gasteiger partial charge in [0.15, 0.2) is 0 Å². The van der Waals surface area contributed by atoms with Gasteiger partial charge in [0.1, 0.15) is 11.5 Å². The predicted octanol–water partition coefficient (Wildman–Crippen LogP) is 5.04. The summed E-state index contributed by atoms with van der Waals surface area (Å²) in [6, 6.07) is 14.2. The van der Waals surface area contributed by atoms with Crippen LogP contribution in [0, 0.1) is 0 Å². The fraction of sp³-hybridized carbons (Fsp3) is 0.360. The van der Waals surface area contributed by atoms with Gasteiger partial charge in [0.05, 0.1) is 18.7 Å². The number of aliphatic hydroxyl groups is 1. The molecule has 1 N–H and O–H groups in total. The lowest BCUT2D eigenvalue weighted by Crippen LogP contribution is -2.30. The molecule has 0 spiro atoms. The van der Waals surface area contributed by atoms with Gasteiger partial charge in [0, 0.05) is 12.1 Å². The van der Waals surface area contributed by atoms with E-state index >= 15 is 0 Å². The number of ketones is 1. The Morgan fingerprint density at radius 3 is 2.23 bits per heavy atom. The Morgan fingerprint density at radius 2 is 1.70 bits per heavy atom. The van der Waals surface area contributed by atoms with Crippen molar-refractivity contribution < 1.29 is 19.4 Å². The Bertz CT molecular complexity index is 942. The summed E-state index contributed by atoms with van der Waals surface area (Å²) in [5.41, 5.74) is 2.62. The molecule has 1 aliphatic heterocycles. The van der Waals surface area contributed by atoms with E-state index in [0.717, 1.165) is 18.4 Å². The van der Waals surface area contributed by atoms with Crippen LogP contribution < -0.4 is 4.74 Å². The van der Waals surface area contributed by atoms with Gasteiger partial charge in [-0.25, -0.2) is 0 Å². The van der Waals surface area contributed by atoms with E-state index in [-0.39, 0.29) is 11.3 Å². The maximum atomic E-state index is 12.9. The van der Waals surface area contributed by atoms with Crippen molar-refractivity contribution in [3.63, 3.8) is 0 Å². The number of nitrogens with zero attached hydrogens (tertiary/aromatic N) is 1. The highest BCUT2D eigenvalue weighted by molar-refractivity contribution is 6.46. The number of Topliss-reactive ketones (excluding diaryl/α,β-unsaturated/α-hetero) is 1. The van der Waals surface area contributed by atoms with Crippen LogP contribution in [-0.2, 0) is 9.59 Å². The number of carbonyl (C=O) groups excluding carboxylic acids is 2. The van der Waals surface area contributed by atoms with Crippen molar-refractivity contribution in [2.75, 3.05) is 13.7 Å². The van der Waals surface area contributed by atoms with E-state index in [1.165, 1.54) is 5.56 Å². The molecule has 5 nitrogen and oxygen atoms in total. The highest BCUT2D eigenvalue weighted by Crippen LogP contribution is 2.40. The van der Waals surface area contributed by atoms with E-state index in [4.69, 9.17) is 4.74 Å². The minimum atomic E-state index is -0.641. The molecule has 1 saturated heterocycles. The zero-order valence-corrected chi connectivity index (χ0v) is 18.0. The first-order valence-electron chi connectivity index (χ1n) is 10.4. The van der Waals surface area contributed by atoms with Gasteiger partial charge < -0.3 is 14.7 Å². The van der Waals surface area contributed by atoms with Crippen LogP contribution in [0.25, 0.3) is 5.76 Å². The van der Waals surface area contributed by atoms with Crippen molar-refractivity contribution >= 4 is 17.4 Å². The van der Waals surface area contributed by atoms with Gasteiger partial charge in [0.2, 0.25) is 0 Å². The number of benzene rings is 2. The van der Waals surface area contributed by atoms with Crippen LogP contribution in [0.2, 0.25) is 0 Å². The number of methoxy groups -OCH3 is 1. The summed E-state index contributed by atoms with van der Waals surface area (Å²) in [7, 11) is 1.56. The first kappa shape index (κ1) is 21.6. The summed E-state index contributed by atoms with van der Waals surface area (Å²) in [5.74, 6) is -0.331. The number of carbonyl (C=O) groups is 2. The van der Waals surface area contributed by atoms with E-state index in [1.807, 2.05) is 31.2 Å². The van der Waals surface area contributed by atoms with E-state index in [0.29, 0.717) is 23.8 Å². The molecule has 1 heterocycles. The predicted molar refractivity (Wildman–Crippen MR) is 117 cm³/mol. The molecule has 0 radical (unpaired) electrons. The highest BCUT2D eigenvalue weighted by Gasteiger charge is 2.45. The molecule has 0 saturated carbocycles. The lowest BCUT2D eigenvalue weighted by Gasteiger charge is -2.25. The van der Waals surface area contributed by atoms with Crippen LogP contribution in [0.1, 0.15) is 62.3 Å².